The van der Waals surface area contributed by atoms with E-state index < -0.39 is 0 Å². The van der Waals surface area contributed by atoms with Gasteiger partial charge in [-0.05, 0) is 25.1 Å². The number of amides is 2. The third-order valence-electron chi connectivity index (χ3n) is 3.97. The molecule has 1 aromatic carbocycles. The second-order valence-corrected chi connectivity index (χ2v) is 6.51. The van der Waals surface area contributed by atoms with Crippen LogP contribution in [0.5, 0.6) is 0 Å². The van der Waals surface area contributed by atoms with Crippen molar-refractivity contribution >= 4 is 33.4 Å². The quantitative estimate of drug-likeness (QED) is 0.845. The van der Waals surface area contributed by atoms with Crippen molar-refractivity contribution < 1.29 is 14.3 Å². The number of benzene rings is 1. The minimum Gasteiger partial charge on any atom is -0.378 e. The van der Waals surface area contributed by atoms with Crippen LogP contribution in [-0.4, -0.2) is 52.8 Å². The molecule has 1 saturated heterocycles. The van der Waals surface area contributed by atoms with Crippen LogP contribution in [0.4, 0.5) is 5.69 Å². The number of aryl methyl sites for hydroxylation is 1. The van der Waals surface area contributed by atoms with Gasteiger partial charge in [-0.3, -0.25) is 14.3 Å². The van der Waals surface area contributed by atoms with Crippen LogP contribution in [0.1, 0.15) is 27.8 Å². The second-order valence-electron chi connectivity index (χ2n) is 5.59. The van der Waals surface area contributed by atoms with E-state index in [0.29, 0.717) is 49.8 Å². The zero-order chi connectivity index (χ0) is 17.8. The van der Waals surface area contributed by atoms with Crippen molar-refractivity contribution in [2.24, 2.45) is 0 Å². The van der Waals surface area contributed by atoms with E-state index in [0.717, 1.165) is 4.47 Å². The number of aromatic nitrogens is 2. The van der Waals surface area contributed by atoms with Gasteiger partial charge in [-0.1, -0.05) is 22.0 Å². The summed E-state index contributed by atoms with van der Waals surface area (Å²) in [5.74, 6) is -0.430. The van der Waals surface area contributed by atoms with Crippen molar-refractivity contribution in [1.82, 2.24) is 14.7 Å². The molecule has 1 aliphatic heterocycles. The van der Waals surface area contributed by atoms with Crippen molar-refractivity contribution in [1.29, 1.82) is 0 Å². The average molecular weight is 407 g/mol. The molecule has 2 aromatic rings. The molecule has 25 heavy (non-hydrogen) atoms. The van der Waals surface area contributed by atoms with Crippen LogP contribution in [0.3, 0.4) is 0 Å². The Bertz CT molecular complexity index is 784. The first-order chi connectivity index (χ1) is 12.1. The Morgan fingerprint density at radius 2 is 2.08 bits per heavy atom. The number of hydrogen-bond acceptors (Lipinski definition) is 4. The SMILES string of the molecule is CCn1ncc(NC(=O)c2cccc(Br)c2)c1C(=O)N1CCOCC1. The van der Waals surface area contributed by atoms with Crippen LogP contribution in [-0.2, 0) is 11.3 Å². The van der Waals surface area contributed by atoms with Gasteiger partial charge in [-0.2, -0.15) is 5.10 Å². The van der Waals surface area contributed by atoms with E-state index in [9.17, 15) is 9.59 Å². The number of nitrogens with zero attached hydrogens (tertiary/aromatic N) is 3. The van der Waals surface area contributed by atoms with Crippen molar-refractivity contribution in [2.75, 3.05) is 31.6 Å². The summed E-state index contributed by atoms with van der Waals surface area (Å²) >= 11 is 3.35. The van der Waals surface area contributed by atoms with Gasteiger partial charge in [0.2, 0.25) is 0 Å². The van der Waals surface area contributed by atoms with E-state index in [1.165, 1.54) is 6.20 Å². The third-order valence-corrected chi connectivity index (χ3v) is 4.47. The maximum atomic E-state index is 12.9. The van der Waals surface area contributed by atoms with Gasteiger partial charge >= 0.3 is 0 Å². The summed E-state index contributed by atoms with van der Waals surface area (Å²) in [7, 11) is 0. The fourth-order valence-electron chi connectivity index (χ4n) is 2.68. The minimum absolute atomic E-state index is 0.146. The van der Waals surface area contributed by atoms with E-state index in [1.807, 2.05) is 13.0 Å². The molecular weight excluding hydrogens is 388 g/mol. The molecule has 8 heteroatoms. The molecule has 0 radical (unpaired) electrons. The number of carbonyl (C=O) groups is 2. The van der Waals surface area contributed by atoms with Crippen molar-refractivity contribution in [3.63, 3.8) is 0 Å². The van der Waals surface area contributed by atoms with E-state index in [-0.39, 0.29) is 11.8 Å². The smallest absolute Gasteiger partial charge is 0.274 e. The number of halogens is 1. The first-order valence-electron chi connectivity index (χ1n) is 8.10. The zero-order valence-electron chi connectivity index (χ0n) is 13.9. The molecule has 1 aliphatic rings. The molecule has 2 heterocycles. The highest BCUT2D eigenvalue weighted by Gasteiger charge is 2.26. The van der Waals surface area contributed by atoms with Gasteiger partial charge < -0.3 is 15.0 Å². The van der Waals surface area contributed by atoms with Gasteiger partial charge in [0.1, 0.15) is 5.69 Å². The highest BCUT2D eigenvalue weighted by Crippen LogP contribution is 2.20. The zero-order valence-corrected chi connectivity index (χ0v) is 15.5. The van der Waals surface area contributed by atoms with Crippen LogP contribution in [0, 0.1) is 0 Å². The lowest BCUT2D eigenvalue weighted by molar-refractivity contribution is 0.0295. The third kappa shape index (κ3) is 3.91. The van der Waals surface area contributed by atoms with Crippen LogP contribution >= 0.6 is 15.9 Å². The Balaban J connectivity index is 1.85. The summed E-state index contributed by atoms with van der Waals surface area (Å²) in [6.07, 6.45) is 1.52. The predicted molar refractivity (Wildman–Crippen MR) is 96.7 cm³/mol. The molecule has 0 saturated carbocycles. The highest BCUT2D eigenvalue weighted by atomic mass is 79.9. The number of ether oxygens (including phenoxy) is 1. The maximum Gasteiger partial charge on any atom is 0.274 e. The number of hydrogen-bond donors (Lipinski definition) is 1. The van der Waals surface area contributed by atoms with Gasteiger partial charge in [0.25, 0.3) is 11.8 Å². The number of rotatable bonds is 4. The first-order valence-corrected chi connectivity index (χ1v) is 8.89. The Hall–Kier alpha value is -2.19. The topological polar surface area (TPSA) is 76.5 Å². The highest BCUT2D eigenvalue weighted by molar-refractivity contribution is 9.10. The van der Waals surface area contributed by atoms with E-state index in [2.05, 4.69) is 26.3 Å². The van der Waals surface area contributed by atoms with E-state index in [4.69, 9.17) is 4.74 Å². The summed E-state index contributed by atoms with van der Waals surface area (Å²) in [6, 6.07) is 7.07. The largest absolute Gasteiger partial charge is 0.378 e. The monoisotopic (exact) mass is 406 g/mol. The Morgan fingerprint density at radius 3 is 2.76 bits per heavy atom. The summed E-state index contributed by atoms with van der Waals surface area (Å²) in [5, 5.41) is 7.04. The van der Waals surface area contributed by atoms with Crippen LogP contribution in [0.25, 0.3) is 0 Å². The van der Waals surface area contributed by atoms with Crippen molar-refractivity contribution in [2.45, 2.75) is 13.5 Å². The standard InChI is InChI=1S/C17H19BrN4O3/c1-2-22-15(17(24)21-6-8-25-9-7-21)14(11-19-22)20-16(23)12-4-3-5-13(18)10-12/h3-5,10-11H,2,6-9H2,1H3,(H,20,23). The lowest BCUT2D eigenvalue weighted by Gasteiger charge is -2.27. The molecule has 7 nitrogen and oxygen atoms in total. The summed E-state index contributed by atoms with van der Waals surface area (Å²) in [6.45, 7) is 4.55. The molecule has 0 aliphatic carbocycles. The minimum atomic E-state index is -0.284. The molecule has 0 spiro atoms. The molecule has 0 bridgehead atoms. The lowest BCUT2D eigenvalue weighted by Crippen LogP contribution is -2.41. The van der Waals surface area contributed by atoms with Crippen LogP contribution < -0.4 is 5.32 Å². The molecule has 1 aromatic heterocycles. The van der Waals surface area contributed by atoms with Gasteiger partial charge in [-0.25, -0.2) is 0 Å². The van der Waals surface area contributed by atoms with Gasteiger partial charge in [0, 0.05) is 29.7 Å². The summed E-state index contributed by atoms with van der Waals surface area (Å²) in [4.78, 5) is 27.1. The summed E-state index contributed by atoms with van der Waals surface area (Å²) in [5.41, 5.74) is 1.32. The fourth-order valence-corrected chi connectivity index (χ4v) is 3.08. The second kappa shape index (κ2) is 7.79. The first kappa shape index (κ1) is 17.6. The number of nitrogens with one attached hydrogen (secondary N) is 1. The fraction of sp³-hybridized carbons (Fsp3) is 0.353. The maximum absolute atomic E-state index is 12.9. The Kier molecular flexibility index (Phi) is 5.50. The van der Waals surface area contributed by atoms with Crippen LogP contribution in [0.2, 0.25) is 0 Å². The normalized spacial score (nSPS) is 14.4. The molecule has 0 atom stereocenters. The summed E-state index contributed by atoms with van der Waals surface area (Å²) < 4.78 is 7.72. The van der Waals surface area contributed by atoms with Gasteiger partial charge in [0.15, 0.2) is 0 Å². The predicted octanol–water partition coefficient (Wildman–Crippen LogP) is 2.39. The van der Waals surface area contributed by atoms with E-state index >= 15 is 0 Å². The molecule has 3 rings (SSSR count). The molecule has 2 amide bonds. The van der Waals surface area contributed by atoms with Gasteiger partial charge in [-0.15, -0.1) is 0 Å². The molecular formula is C17H19BrN4O3. The number of morpholine rings is 1. The van der Waals surface area contributed by atoms with E-state index in [1.54, 1.807) is 27.8 Å². The molecule has 132 valence electrons. The molecule has 1 N–H and O–H groups in total. The Labute approximate surface area is 154 Å². The van der Waals surface area contributed by atoms with Crippen molar-refractivity contribution in [3.8, 4) is 0 Å². The number of carbonyl (C=O) groups excluding carboxylic acids is 2. The van der Waals surface area contributed by atoms with Crippen LogP contribution in [0.15, 0.2) is 34.9 Å². The Morgan fingerprint density at radius 1 is 1.32 bits per heavy atom. The average Bonchev–Trinajstić information content (AvgIpc) is 3.04. The van der Waals surface area contributed by atoms with Gasteiger partial charge in [0.05, 0.1) is 25.1 Å². The molecule has 0 unspecified atom stereocenters. The lowest BCUT2D eigenvalue weighted by atomic mass is 10.2. The number of anilines is 1. The molecule has 1 fully saturated rings. The van der Waals surface area contributed by atoms with Crippen molar-refractivity contribution in [3.05, 3.63) is 46.2 Å².